The Kier molecular flexibility index (Phi) is 4.81. The molecule has 0 aliphatic carbocycles. The molecule has 0 atom stereocenters. The lowest BCUT2D eigenvalue weighted by molar-refractivity contribution is 0.748. The number of aromatic nitrogens is 2. The van der Waals surface area contributed by atoms with E-state index >= 15 is 0 Å². The number of hydrogen-bond acceptors (Lipinski definition) is 2. The Bertz CT molecular complexity index is 798. The predicted octanol–water partition coefficient (Wildman–Crippen LogP) is 4.93. The molecule has 1 aromatic carbocycles. The third-order valence-corrected chi connectivity index (χ3v) is 4.73. The molecular weight excluding hydrogens is 362 g/mol. The molecule has 2 heterocycles. The van der Waals surface area contributed by atoms with Crippen molar-refractivity contribution in [2.45, 2.75) is 19.3 Å². The van der Waals surface area contributed by atoms with Gasteiger partial charge in [0.25, 0.3) is 0 Å². The molecule has 0 radical (unpaired) electrons. The second kappa shape index (κ2) is 6.82. The van der Waals surface area contributed by atoms with Crippen LogP contribution in [0.1, 0.15) is 18.4 Å². The van der Waals surface area contributed by atoms with Crippen LogP contribution >= 0.6 is 27.5 Å². The lowest BCUT2D eigenvalue weighted by atomic mass is 10.0. The SMILES string of the molecule is NCCCCc1c(-c2ncccc2Cl)[nH]c2c(Br)cccc12. The topological polar surface area (TPSA) is 54.7 Å². The number of nitrogens with two attached hydrogens (primary N) is 1. The summed E-state index contributed by atoms with van der Waals surface area (Å²) < 4.78 is 1.04. The van der Waals surface area contributed by atoms with Crippen LogP contribution in [-0.2, 0) is 6.42 Å². The predicted molar refractivity (Wildman–Crippen MR) is 96.2 cm³/mol. The van der Waals surface area contributed by atoms with Crippen LogP contribution in [0.5, 0.6) is 0 Å². The quantitative estimate of drug-likeness (QED) is 0.619. The molecule has 0 amide bonds. The zero-order chi connectivity index (χ0) is 15.5. The highest BCUT2D eigenvalue weighted by atomic mass is 79.9. The van der Waals surface area contributed by atoms with E-state index in [1.807, 2.05) is 18.2 Å². The number of nitrogens with one attached hydrogen (secondary N) is 1. The summed E-state index contributed by atoms with van der Waals surface area (Å²) in [6, 6.07) is 9.93. The maximum absolute atomic E-state index is 6.35. The van der Waals surface area contributed by atoms with Crippen LogP contribution in [0.3, 0.4) is 0 Å². The van der Waals surface area contributed by atoms with Crippen LogP contribution in [0.4, 0.5) is 0 Å². The first kappa shape index (κ1) is 15.5. The van der Waals surface area contributed by atoms with Gasteiger partial charge in [-0.05, 0) is 65.5 Å². The molecule has 0 spiro atoms. The first-order chi connectivity index (χ1) is 10.7. The van der Waals surface area contributed by atoms with Gasteiger partial charge in [0.05, 0.1) is 16.2 Å². The summed E-state index contributed by atoms with van der Waals surface area (Å²) in [6.45, 7) is 0.714. The number of unbranched alkanes of at least 4 members (excludes halogenated alkanes) is 1. The molecule has 3 nitrogen and oxygen atoms in total. The van der Waals surface area contributed by atoms with Gasteiger partial charge >= 0.3 is 0 Å². The van der Waals surface area contributed by atoms with Gasteiger partial charge in [0.1, 0.15) is 5.69 Å². The fraction of sp³-hybridized carbons (Fsp3) is 0.235. The standard InChI is InChI=1S/C17H17BrClN3/c18-13-7-3-6-11-12(5-1-2-9-20)16(22-15(11)13)17-14(19)8-4-10-21-17/h3-4,6-8,10,22H,1-2,5,9,20H2. The Balaban J connectivity index is 2.17. The molecule has 2 aromatic heterocycles. The number of nitrogens with zero attached hydrogens (tertiary/aromatic N) is 1. The van der Waals surface area contributed by atoms with Crippen molar-refractivity contribution in [3.05, 3.63) is 51.6 Å². The van der Waals surface area contributed by atoms with Gasteiger partial charge < -0.3 is 10.7 Å². The van der Waals surface area contributed by atoms with E-state index in [-0.39, 0.29) is 0 Å². The van der Waals surface area contributed by atoms with E-state index in [0.717, 1.165) is 40.6 Å². The second-order valence-corrected chi connectivity index (χ2v) is 6.48. The molecule has 3 rings (SSSR count). The molecule has 0 unspecified atom stereocenters. The molecule has 5 heteroatoms. The van der Waals surface area contributed by atoms with E-state index in [4.69, 9.17) is 17.3 Å². The van der Waals surface area contributed by atoms with Gasteiger partial charge in [-0.1, -0.05) is 23.7 Å². The summed E-state index contributed by atoms with van der Waals surface area (Å²) in [7, 11) is 0. The van der Waals surface area contributed by atoms with Gasteiger partial charge in [0.15, 0.2) is 0 Å². The van der Waals surface area contributed by atoms with Crippen molar-refractivity contribution in [3.8, 4) is 11.4 Å². The van der Waals surface area contributed by atoms with E-state index in [1.54, 1.807) is 6.20 Å². The second-order valence-electron chi connectivity index (χ2n) is 5.22. The highest BCUT2D eigenvalue weighted by molar-refractivity contribution is 9.10. The Morgan fingerprint density at radius 1 is 1.18 bits per heavy atom. The molecule has 0 aliphatic heterocycles. The van der Waals surface area contributed by atoms with Crippen molar-refractivity contribution in [3.63, 3.8) is 0 Å². The van der Waals surface area contributed by atoms with E-state index in [9.17, 15) is 0 Å². The van der Waals surface area contributed by atoms with Crippen LogP contribution in [0, 0.1) is 0 Å². The molecule has 114 valence electrons. The fourth-order valence-corrected chi connectivity index (χ4v) is 3.40. The Hall–Kier alpha value is -1.36. The lowest BCUT2D eigenvalue weighted by Crippen LogP contribution is -1.99. The van der Waals surface area contributed by atoms with Crippen molar-refractivity contribution in [1.29, 1.82) is 0 Å². The molecule has 0 saturated carbocycles. The molecular formula is C17H17BrClN3. The molecule has 0 aliphatic rings. The number of pyridine rings is 1. The number of rotatable bonds is 5. The van der Waals surface area contributed by atoms with Crippen molar-refractivity contribution in [2.75, 3.05) is 6.54 Å². The molecule has 0 fully saturated rings. The summed E-state index contributed by atoms with van der Waals surface area (Å²) in [5.41, 5.74) is 9.77. The van der Waals surface area contributed by atoms with Gasteiger partial charge in [-0.2, -0.15) is 0 Å². The van der Waals surface area contributed by atoms with Crippen LogP contribution in [0.25, 0.3) is 22.3 Å². The summed E-state index contributed by atoms with van der Waals surface area (Å²) >= 11 is 9.96. The number of aryl methyl sites for hydroxylation is 1. The lowest BCUT2D eigenvalue weighted by Gasteiger charge is -2.06. The number of hydrogen-bond donors (Lipinski definition) is 2. The van der Waals surface area contributed by atoms with Crippen LogP contribution in [0.2, 0.25) is 5.02 Å². The molecule has 0 bridgehead atoms. The number of H-pyrrole nitrogens is 1. The van der Waals surface area contributed by atoms with E-state index in [1.165, 1.54) is 10.9 Å². The average Bonchev–Trinajstić information content (AvgIpc) is 2.88. The van der Waals surface area contributed by atoms with E-state index in [0.29, 0.717) is 11.6 Å². The first-order valence-electron chi connectivity index (χ1n) is 7.32. The maximum atomic E-state index is 6.35. The Morgan fingerprint density at radius 3 is 2.82 bits per heavy atom. The third kappa shape index (κ3) is 2.91. The highest BCUT2D eigenvalue weighted by Gasteiger charge is 2.17. The third-order valence-electron chi connectivity index (χ3n) is 3.77. The Morgan fingerprint density at radius 2 is 2.05 bits per heavy atom. The van der Waals surface area contributed by atoms with Crippen molar-refractivity contribution < 1.29 is 0 Å². The van der Waals surface area contributed by atoms with Crippen LogP contribution in [-0.4, -0.2) is 16.5 Å². The molecule has 22 heavy (non-hydrogen) atoms. The zero-order valence-corrected chi connectivity index (χ0v) is 14.4. The maximum Gasteiger partial charge on any atom is 0.105 e. The number of fused-ring (bicyclic) bond motifs is 1. The Labute approximate surface area is 143 Å². The summed E-state index contributed by atoms with van der Waals surface area (Å²) in [5, 5.41) is 1.87. The summed E-state index contributed by atoms with van der Waals surface area (Å²) in [6.07, 6.45) is 4.78. The van der Waals surface area contributed by atoms with Crippen LogP contribution < -0.4 is 5.73 Å². The van der Waals surface area contributed by atoms with E-state index < -0.39 is 0 Å². The van der Waals surface area contributed by atoms with Gasteiger partial charge in [0, 0.05) is 16.1 Å². The van der Waals surface area contributed by atoms with Gasteiger partial charge in [0.2, 0.25) is 0 Å². The van der Waals surface area contributed by atoms with Gasteiger partial charge in [-0.15, -0.1) is 0 Å². The summed E-state index contributed by atoms with van der Waals surface area (Å²) in [5.74, 6) is 0. The largest absolute Gasteiger partial charge is 0.352 e. The smallest absolute Gasteiger partial charge is 0.105 e. The normalized spacial score (nSPS) is 11.2. The average molecular weight is 379 g/mol. The highest BCUT2D eigenvalue weighted by Crippen LogP contribution is 2.36. The number of aromatic amines is 1. The van der Waals surface area contributed by atoms with Gasteiger partial charge in [-0.25, -0.2) is 0 Å². The molecule has 0 saturated heterocycles. The first-order valence-corrected chi connectivity index (χ1v) is 8.49. The van der Waals surface area contributed by atoms with E-state index in [2.05, 4.69) is 38.0 Å². The number of para-hydroxylation sites is 1. The monoisotopic (exact) mass is 377 g/mol. The number of halogens is 2. The minimum atomic E-state index is 0.658. The van der Waals surface area contributed by atoms with Crippen LogP contribution in [0.15, 0.2) is 41.0 Å². The summed E-state index contributed by atoms with van der Waals surface area (Å²) in [4.78, 5) is 7.95. The van der Waals surface area contributed by atoms with Gasteiger partial charge in [-0.3, -0.25) is 4.98 Å². The molecule has 3 N–H and O–H groups in total. The molecule has 3 aromatic rings. The number of benzene rings is 1. The van der Waals surface area contributed by atoms with Crippen molar-refractivity contribution in [1.82, 2.24) is 9.97 Å². The van der Waals surface area contributed by atoms with Crippen molar-refractivity contribution >= 4 is 38.4 Å². The zero-order valence-electron chi connectivity index (χ0n) is 12.1. The van der Waals surface area contributed by atoms with Crippen molar-refractivity contribution in [2.24, 2.45) is 5.73 Å². The fourth-order valence-electron chi connectivity index (χ4n) is 2.72. The minimum absolute atomic E-state index is 0.658. The minimum Gasteiger partial charge on any atom is -0.352 e.